The van der Waals surface area contributed by atoms with E-state index in [4.69, 9.17) is 19.8 Å². The number of allylic oxidation sites excluding steroid dienone is 1. The van der Waals surface area contributed by atoms with E-state index in [1.165, 1.54) is 19.3 Å². The Morgan fingerprint density at radius 1 is 1.33 bits per heavy atom. The third kappa shape index (κ3) is 15.9. The Labute approximate surface area is 71.5 Å². The van der Waals surface area contributed by atoms with Gasteiger partial charge in [-0.15, -0.1) is 6.58 Å². The van der Waals surface area contributed by atoms with Crippen molar-refractivity contribution in [1.29, 1.82) is 0 Å². The van der Waals surface area contributed by atoms with Crippen LogP contribution in [0, 0.1) is 0 Å². The van der Waals surface area contributed by atoms with Crippen LogP contribution < -0.4 is 0 Å². The number of carbonyl (C=O) groups is 2. The third-order valence-electron chi connectivity index (χ3n) is 0.945. The van der Waals surface area contributed by atoms with Crippen molar-refractivity contribution in [3.63, 3.8) is 0 Å². The highest BCUT2D eigenvalue weighted by atomic mass is 16.4. The van der Waals surface area contributed by atoms with Crippen LogP contribution in [0.4, 0.5) is 0 Å². The van der Waals surface area contributed by atoms with Gasteiger partial charge in [0, 0.05) is 0 Å². The van der Waals surface area contributed by atoms with Crippen LogP contribution in [0.3, 0.4) is 0 Å². The normalized spacial score (nSPS) is 7.75. The van der Waals surface area contributed by atoms with Crippen molar-refractivity contribution in [2.75, 3.05) is 0 Å². The van der Waals surface area contributed by atoms with Gasteiger partial charge in [-0.05, 0) is 6.42 Å². The Bertz CT molecular complexity index is 139. The van der Waals surface area contributed by atoms with Gasteiger partial charge in [0.1, 0.15) is 0 Å². The minimum absolute atomic E-state index is 1.18. The molecule has 70 valence electrons. The molecule has 0 spiro atoms. The molecule has 0 atom stereocenters. The molecule has 4 heteroatoms. The van der Waals surface area contributed by atoms with Gasteiger partial charge in [-0.1, -0.05) is 25.8 Å². The summed E-state index contributed by atoms with van der Waals surface area (Å²) in [7, 11) is 0. The molecule has 0 aromatic heterocycles. The zero-order valence-electron chi connectivity index (χ0n) is 7.12. The van der Waals surface area contributed by atoms with Gasteiger partial charge in [0.2, 0.25) is 0 Å². The maximum Gasteiger partial charge on any atom is 0.414 e. The first-order valence-electron chi connectivity index (χ1n) is 3.63. The molecule has 0 bridgehead atoms. The summed E-state index contributed by atoms with van der Waals surface area (Å²) in [5.41, 5.74) is 0. The molecule has 0 rings (SSSR count). The highest BCUT2D eigenvalue weighted by Crippen LogP contribution is 1.91. The van der Waals surface area contributed by atoms with E-state index < -0.39 is 11.9 Å². The van der Waals surface area contributed by atoms with Crippen molar-refractivity contribution >= 4 is 11.9 Å². The lowest BCUT2D eigenvalue weighted by molar-refractivity contribution is -0.159. The molecule has 2 N–H and O–H groups in total. The topological polar surface area (TPSA) is 74.6 Å². The Morgan fingerprint density at radius 3 is 1.83 bits per heavy atom. The van der Waals surface area contributed by atoms with E-state index in [0.29, 0.717) is 0 Å². The summed E-state index contributed by atoms with van der Waals surface area (Å²) in [4.78, 5) is 18.2. The first kappa shape index (κ1) is 13.3. The van der Waals surface area contributed by atoms with E-state index in [9.17, 15) is 0 Å². The van der Waals surface area contributed by atoms with E-state index in [-0.39, 0.29) is 0 Å². The molecule has 0 radical (unpaired) electrons. The molecule has 0 amide bonds. The van der Waals surface area contributed by atoms with Crippen LogP contribution in [0.5, 0.6) is 0 Å². The fourth-order valence-corrected chi connectivity index (χ4v) is 0.348. The molecule has 0 heterocycles. The van der Waals surface area contributed by atoms with E-state index in [1.54, 1.807) is 0 Å². The molecule has 0 saturated heterocycles. The summed E-state index contributed by atoms with van der Waals surface area (Å²) < 4.78 is 0. The van der Waals surface area contributed by atoms with Gasteiger partial charge >= 0.3 is 11.9 Å². The fraction of sp³-hybridized carbons (Fsp3) is 0.500. The van der Waals surface area contributed by atoms with Crippen molar-refractivity contribution in [3.8, 4) is 0 Å². The van der Waals surface area contributed by atoms with Gasteiger partial charge in [-0.3, -0.25) is 0 Å². The fourth-order valence-electron chi connectivity index (χ4n) is 0.348. The van der Waals surface area contributed by atoms with Gasteiger partial charge in [-0.25, -0.2) is 9.59 Å². The molecule has 0 aromatic carbocycles. The van der Waals surface area contributed by atoms with Crippen LogP contribution in [0.2, 0.25) is 0 Å². The van der Waals surface area contributed by atoms with Crippen molar-refractivity contribution in [2.24, 2.45) is 0 Å². The second-order valence-electron chi connectivity index (χ2n) is 2.04. The Hall–Kier alpha value is -1.32. The molecule has 0 aliphatic carbocycles. The first-order valence-corrected chi connectivity index (χ1v) is 3.63. The zero-order valence-corrected chi connectivity index (χ0v) is 7.12. The number of hydrogen-bond acceptors (Lipinski definition) is 2. The minimum atomic E-state index is -1.82. The number of aliphatic carboxylic acids is 2. The molecule has 0 unspecified atom stereocenters. The summed E-state index contributed by atoms with van der Waals surface area (Å²) in [6.07, 6.45) is 5.72. The Kier molecular flexibility index (Phi) is 10.7. The molecular formula is C8H14O4. The lowest BCUT2D eigenvalue weighted by Gasteiger charge is -1.81. The second kappa shape index (κ2) is 9.68. The smallest absolute Gasteiger partial charge is 0.414 e. The van der Waals surface area contributed by atoms with Crippen LogP contribution in [0.15, 0.2) is 12.7 Å². The van der Waals surface area contributed by atoms with E-state index in [1.807, 2.05) is 6.08 Å². The lowest BCUT2D eigenvalue weighted by Crippen LogP contribution is -2.09. The minimum Gasteiger partial charge on any atom is -0.473 e. The molecule has 12 heavy (non-hydrogen) atoms. The maximum absolute atomic E-state index is 9.10. The van der Waals surface area contributed by atoms with Gasteiger partial charge in [-0.2, -0.15) is 0 Å². The number of unbranched alkanes of at least 4 members (excludes halogenated alkanes) is 2. The van der Waals surface area contributed by atoms with Gasteiger partial charge < -0.3 is 10.2 Å². The highest BCUT2D eigenvalue weighted by Gasteiger charge is 2.04. The highest BCUT2D eigenvalue weighted by molar-refractivity contribution is 6.27. The molecule has 0 fully saturated rings. The second-order valence-corrected chi connectivity index (χ2v) is 2.04. The van der Waals surface area contributed by atoms with Crippen molar-refractivity contribution in [3.05, 3.63) is 12.7 Å². The average Bonchev–Trinajstić information content (AvgIpc) is 2.02. The molecule has 4 nitrogen and oxygen atoms in total. The average molecular weight is 174 g/mol. The van der Waals surface area contributed by atoms with E-state index >= 15 is 0 Å². The summed E-state index contributed by atoms with van der Waals surface area (Å²) in [6.45, 7) is 5.78. The van der Waals surface area contributed by atoms with Crippen LogP contribution in [-0.2, 0) is 9.59 Å². The zero-order chi connectivity index (χ0) is 9.98. The van der Waals surface area contributed by atoms with Crippen LogP contribution >= 0.6 is 0 Å². The predicted molar refractivity (Wildman–Crippen MR) is 45.0 cm³/mol. The first-order chi connectivity index (χ1) is 5.56. The van der Waals surface area contributed by atoms with E-state index in [2.05, 4.69) is 13.5 Å². The summed E-state index contributed by atoms with van der Waals surface area (Å²) >= 11 is 0. The van der Waals surface area contributed by atoms with E-state index in [0.717, 1.165) is 0 Å². The largest absolute Gasteiger partial charge is 0.473 e. The van der Waals surface area contributed by atoms with Gasteiger partial charge in [0.25, 0.3) is 0 Å². The quantitative estimate of drug-likeness (QED) is 0.386. The number of hydrogen-bond donors (Lipinski definition) is 2. The van der Waals surface area contributed by atoms with Crippen LogP contribution in [0.1, 0.15) is 26.2 Å². The van der Waals surface area contributed by atoms with Gasteiger partial charge in [0.05, 0.1) is 0 Å². The number of rotatable bonds is 3. The summed E-state index contributed by atoms with van der Waals surface area (Å²) in [6, 6.07) is 0. The van der Waals surface area contributed by atoms with Crippen molar-refractivity contribution < 1.29 is 19.8 Å². The number of carboxylic acids is 2. The van der Waals surface area contributed by atoms with Crippen molar-refractivity contribution in [1.82, 2.24) is 0 Å². The third-order valence-corrected chi connectivity index (χ3v) is 0.945. The summed E-state index contributed by atoms with van der Waals surface area (Å²) in [5, 5.41) is 14.8. The van der Waals surface area contributed by atoms with Crippen LogP contribution in [-0.4, -0.2) is 22.2 Å². The maximum atomic E-state index is 9.10. The Balaban J connectivity index is 0. The molecule has 0 aliphatic heterocycles. The molecule has 0 saturated carbocycles. The monoisotopic (exact) mass is 174 g/mol. The van der Waals surface area contributed by atoms with Crippen LogP contribution in [0.25, 0.3) is 0 Å². The summed E-state index contributed by atoms with van der Waals surface area (Å²) in [5.74, 6) is -3.65. The van der Waals surface area contributed by atoms with Crippen molar-refractivity contribution in [2.45, 2.75) is 26.2 Å². The molecular weight excluding hydrogens is 160 g/mol. The standard InChI is InChI=1S/C6H12.C2H2O4/c1-3-5-6-4-2;3-1(4)2(5)6/h3H,1,4-6H2,2H3;(H,3,4)(H,5,6). The van der Waals surface area contributed by atoms with Gasteiger partial charge in [0.15, 0.2) is 0 Å². The predicted octanol–water partition coefficient (Wildman–Crippen LogP) is 1.52. The number of carboxylic acid groups (broad SMARTS) is 2. The molecule has 0 aliphatic rings. The lowest BCUT2D eigenvalue weighted by atomic mass is 10.3. The Morgan fingerprint density at radius 2 is 1.75 bits per heavy atom. The SMILES string of the molecule is C=CCCCC.O=C(O)C(=O)O. The molecule has 0 aromatic rings.